The Bertz CT molecular complexity index is 1190. The highest BCUT2D eigenvalue weighted by molar-refractivity contribution is 7.61. The van der Waals surface area contributed by atoms with Crippen LogP contribution in [0.2, 0.25) is 0 Å². The van der Waals surface area contributed by atoms with Crippen molar-refractivity contribution in [1.82, 2.24) is 0 Å². The van der Waals surface area contributed by atoms with Crippen LogP contribution in [0.5, 0.6) is 0 Å². The Balaban J connectivity index is 1.61. The van der Waals surface area contributed by atoms with Gasteiger partial charge in [-0.15, -0.1) is 0 Å². The zero-order valence-corrected chi connectivity index (χ0v) is 19.2. The second kappa shape index (κ2) is 7.83. The molecule has 0 saturated carbocycles. The molecule has 0 N–H and O–H groups in total. The summed E-state index contributed by atoms with van der Waals surface area (Å²) < 4.78 is 0. The minimum Gasteiger partial charge on any atom is -0.625 e. The van der Waals surface area contributed by atoms with Gasteiger partial charge < -0.3 is 9.79 Å². The van der Waals surface area contributed by atoms with Gasteiger partial charge in [-0.05, 0) is 83.0 Å². The van der Waals surface area contributed by atoms with Crippen LogP contribution < -0.4 is 20.4 Å². The first-order chi connectivity index (χ1) is 15.0. The molecular weight excluding hydrogens is 418 g/mol. The highest BCUT2D eigenvalue weighted by atomic mass is 31.1. The molecule has 4 heteroatoms. The van der Waals surface area contributed by atoms with Crippen LogP contribution in [0.3, 0.4) is 0 Å². The van der Waals surface area contributed by atoms with Crippen molar-refractivity contribution in [3.63, 3.8) is 0 Å². The lowest BCUT2D eigenvalue weighted by Crippen LogP contribution is -2.19. The van der Waals surface area contributed by atoms with E-state index >= 15 is 0 Å². The number of hydrogen-bond donors (Lipinski definition) is 0. The lowest BCUT2D eigenvalue weighted by molar-refractivity contribution is -0.150. The molecule has 2 atom stereocenters. The summed E-state index contributed by atoms with van der Waals surface area (Å²) in [6.45, 7) is 4.38. The summed E-state index contributed by atoms with van der Waals surface area (Å²) in [5.74, 6) is 0. The average Bonchev–Trinajstić information content (AvgIpc) is 3.05. The van der Waals surface area contributed by atoms with Gasteiger partial charge in [0.25, 0.3) is 0 Å². The molecule has 0 saturated heterocycles. The van der Waals surface area contributed by atoms with Crippen molar-refractivity contribution in [2.24, 2.45) is 5.41 Å². The molecule has 0 aromatic heterocycles. The minimum atomic E-state index is -1.64. The van der Waals surface area contributed by atoms with Gasteiger partial charge in [-0.25, -0.2) is 0 Å². The summed E-state index contributed by atoms with van der Waals surface area (Å²) in [7, 11) is -3.28. The van der Waals surface area contributed by atoms with Gasteiger partial charge in [0.2, 0.25) is 0 Å². The van der Waals surface area contributed by atoms with E-state index in [1.54, 1.807) is 0 Å². The molecule has 2 unspecified atom stereocenters. The summed E-state index contributed by atoms with van der Waals surface area (Å²) in [6.07, 6.45) is 12.3. The predicted molar refractivity (Wildman–Crippen MR) is 131 cm³/mol. The molecule has 0 radical (unpaired) electrons. The smallest absolute Gasteiger partial charge is 0.145 e. The molecule has 31 heavy (non-hydrogen) atoms. The van der Waals surface area contributed by atoms with Gasteiger partial charge in [0, 0.05) is 5.41 Å². The minimum absolute atomic E-state index is 0.254. The Morgan fingerprint density at radius 1 is 0.581 bits per heavy atom. The molecule has 5 rings (SSSR count). The monoisotopic (exact) mass is 440 g/mol. The van der Waals surface area contributed by atoms with Gasteiger partial charge in [0.15, 0.2) is 0 Å². The van der Waals surface area contributed by atoms with E-state index in [0.29, 0.717) is 0 Å². The van der Waals surface area contributed by atoms with Crippen LogP contribution in [0, 0.1) is 5.41 Å². The van der Waals surface area contributed by atoms with Crippen molar-refractivity contribution >= 4 is 36.7 Å². The lowest BCUT2D eigenvalue weighted by atomic mass is 9.78. The third kappa shape index (κ3) is 3.47. The molecule has 0 heterocycles. The van der Waals surface area contributed by atoms with Crippen LogP contribution in [0.15, 0.2) is 119 Å². The van der Waals surface area contributed by atoms with Gasteiger partial charge in [-0.2, -0.15) is 0 Å². The van der Waals surface area contributed by atoms with E-state index in [2.05, 4.69) is 38.2 Å². The van der Waals surface area contributed by atoms with E-state index < -0.39 is 15.5 Å². The maximum atomic E-state index is 13.1. The first kappa shape index (κ1) is 20.3. The van der Waals surface area contributed by atoms with E-state index in [-0.39, 0.29) is 5.41 Å². The van der Waals surface area contributed by atoms with Gasteiger partial charge in [-0.1, -0.05) is 50.2 Å². The fourth-order valence-electron chi connectivity index (χ4n) is 4.39. The first-order valence-corrected chi connectivity index (χ1v) is 12.8. The highest BCUT2D eigenvalue weighted by Gasteiger charge is 2.41. The Morgan fingerprint density at radius 2 is 0.968 bits per heavy atom. The van der Waals surface area contributed by atoms with E-state index in [4.69, 9.17) is 0 Å². The molecule has 0 fully saturated rings. The van der Waals surface area contributed by atoms with Crippen LogP contribution in [0.4, 0.5) is 0 Å². The molecular formula is C27H22O2P2. The van der Waals surface area contributed by atoms with Crippen LogP contribution in [-0.4, -0.2) is 10.6 Å². The molecule has 2 nitrogen and oxygen atoms in total. The molecule has 0 spiro atoms. The molecule has 0 amide bonds. The summed E-state index contributed by atoms with van der Waals surface area (Å²) in [4.78, 5) is 26.3. The van der Waals surface area contributed by atoms with Gasteiger partial charge in [0.1, 0.15) is 21.2 Å². The summed E-state index contributed by atoms with van der Waals surface area (Å²) in [5.41, 5.74) is 4.43. The SMILES string of the molecule is CC1(C)C2=CC(=[P+]([O-])c3ccccc3)C=CC2=C2C=CC(=[P+]([O-])c3ccccc3)C=C21. The largest absolute Gasteiger partial charge is 0.625 e. The second-order valence-electron chi connectivity index (χ2n) is 8.34. The van der Waals surface area contributed by atoms with Crippen LogP contribution in [-0.2, 0) is 0 Å². The highest BCUT2D eigenvalue weighted by Crippen LogP contribution is 2.53. The summed E-state index contributed by atoms with van der Waals surface area (Å²) in [5, 5.41) is 3.37. The quantitative estimate of drug-likeness (QED) is 0.667. The lowest BCUT2D eigenvalue weighted by Gasteiger charge is -2.26. The van der Waals surface area contributed by atoms with Crippen LogP contribution in [0.1, 0.15) is 13.8 Å². The summed E-state index contributed by atoms with van der Waals surface area (Å²) >= 11 is 0. The number of rotatable bonds is 2. The van der Waals surface area contributed by atoms with Crippen molar-refractivity contribution in [3.05, 3.63) is 119 Å². The fraction of sp³-hybridized carbons (Fsp3) is 0.111. The molecule has 2 aromatic carbocycles. The average molecular weight is 440 g/mol. The first-order valence-electron chi connectivity index (χ1n) is 10.3. The molecule has 152 valence electrons. The Hall–Kier alpha value is -2.60. The summed E-state index contributed by atoms with van der Waals surface area (Å²) in [6, 6.07) is 19.2. The number of fused-ring (bicyclic) bond motifs is 2. The Kier molecular flexibility index (Phi) is 5.13. The van der Waals surface area contributed by atoms with Gasteiger partial charge in [-0.3, -0.25) is 0 Å². The maximum absolute atomic E-state index is 13.1. The van der Waals surface area contributed by atoms with E-state index in [1.165, 1.54) is 22.3 Å². The van der Waals surface area contributed by atoms with Crippen molar-refractivity contribution < 1.29 is 9.79 Å². The van der Waals surface area contributed by atoms with Gasteiger partial charge >= 0.3 is 0 Å². The van der Waals surface area contributed by atoms with Gasteiger partial charge in [0.05, 0.1) is 15.5 Å². The van der Waals surface area contributed by atoms with E-state index in [9.17, 15) is 9.79 Å². The van der Waals surface area contributed by atoms with Crippen molar-refractivity contribution in [2.45, 2.75) is 13.8 Å². The zero-order chi connectivity index (χ0) is 21.6. The third-order valence-electron chi connectivity index (χ3n) is 6.09. The van der Waals surface area contributed by atoms with E-state index in [0.717, 1.165) is 21.2 Å². The fourth-order valence-corrected chi connectivity index (χ4v) is 6.79. The predicted octanol–water partition coefficient (Wildman–Crippen LogP) is 3.83. The van der Waals surface area contributed by atoms with Crippen LogP contribution >= 0.6 is 15.5 Å². The number of benzene rings is 2. The molecule has 3 aliphatic rings. The number of allylic oxidation sites excluding steroid dienone is 10. The molecule has 3 aliphatic carbocycles. The van der Waals surface area contributed by atoms with Crippen molar-refractivity contribution in [2.75, 3.05) is 0 Å². The molecule has 2 aromatic rings. The standard InChI is InChI=1S/C27H22O2P2/c1-27(2)25-17-21(30(28)19-9-5-3-6-10-19)13-15-23(25)24-16-14-22(18-26(24)27)31(29)20-11-7-4-8-12-20/h3-18H,1-2H3. The second-order valence-corrected chi connectivity index (χ2v) is 11.6. The third-order valence-corrected chi connectivity index (χ3v) is 9.12. The topological polar surface area (TPSA) is 46.1 Å². The molecule has 0 aliphatic heterocycles. The van der Waals surface area contributed by atoms with E-state index in [1.807, 2.05) is 72.8 Å². The molecule has 0 bridgehead atoms. The maximum Gasteiger partial charge on any atom is 0.145 e. The Labute approximate surface area is 185 Å². The van der Waals surface area contributed by atoms with Crippen LogP contribution in [0.25, 0.3) is 0 Å². The van der Waals surface area contributed by atoms with Crippen molar-refractivity contribution in [1.29, 1.82) is 0 Å². The normalized spacial score (nSPS) is 21.9. The Morgan fingerprint density at radius 3 is 1.35 bits per heavy atom. The number of hydrogen-bond acceptors (Lipinski definition) is 2. The zero-order valence-electron chi connectivity index (χ0n) is 17.4. The van der Waals surface area contributed by atoms with Crippen molar-refractivity contribution in [3.8, 4) is 0 Å².